The van der Waals surface area contributed by atoms with Crippen LogP contribution in [-0.4, -0.2) is 72.6 Å². The summed E-state index contributed by atoms with van der Waals surface area (Å²) < 4.78 is 4.41. The van der Waals surface area contributed by atoms with E-state index >= 15 is 0 Å². The zero-order valence-electron chi connectivity index (χ0n) is 35.4. The zero-order chi connectivity index (χ0) is 41.8. The van der Waals surface area contributed by atoms with Crippen LogP contribution in [0.3, 0.4) is 0 Å². The number of hydrogen-bond donors (Lipinski definition) is 0. The molecule has 6 bridgehead atoms. The van der Waals surface area contributed by atoms with Gasteiger partial charge < -0.3 is 4.74 Å². The number of carbonyl (C=O) groups excluding carboxylic acids is 4. The summed E-state index contributed by atoms with van der Waals surface area (Å²) in [5.74, 6) is 1.48. The monoisotopic (exact) mass is 787 g/mol. The fraction of sp³-hybridized carbons (Fsp3) is 0.587. The van der Waals surface area contributed by atoms with Crippen LogP contribution in [0.4, 0.5) is 0 Å². The third kappa shape index (κ3) is 6.45. The lowest BCUT2D eigenvalue weighted by Crippen LogP contribution is -2.35. The van der Waals surface area contributed by atoms with Crippen LogP contribution in [0, 0.1) is 56.7 Å². The number of ketones is 3. The number of esters is 1. The normalized spacial score (nSPS) is 31.9. The number of rotatable bonds is 4. The Balaban J connectivity index is 0.000000123. The van der Waals surface area contributed by atoms with E-state index in [-0.39, 0.29) is 39.4 Å². The minimum absolute atomic E-state index is 0.0998. The molecule has 6 saturated carbocycles. The van der Waals surface area contributed by atoms with Crippen LogP contribution in [0.15, 0.2) is 66.3 Å². The van der Waals surface area contributed by atoms with Gasteiger partial charge in [-0.15, -0.1) is 0 Å². The van der Waals surface area contributed by atoms with E-state index in [4.69, 9.17) is 4.99 Å². The van der Waals surface area contributed by atoms with Crippen LogP contribution < -0.4 is 0 Å². The van der Waals surface area contributed by atoms with E-state index in [2.05, 4.69) is 83.1 Å². The molecular formula is C46H57N7O5. The molecule has 0 N–H and O–H groups in total. The van der Waals surface area contributed by atoms with Crippen LogP contribution in [0.25, 0.3) is 5.57 Å². The number of carbonyl (C=O) groups is 4. The molecule has 10 rings (SSSR count). The van der Waals surface area contributed by atoms with E-state index in [0.29, 0.717) is 40.1 Å². The molecule has 4 heterocycles. The van der Waals surface area contributed by atoms with Gasteiger partial charge >= 0.3 is 5.97 Å². The topological polar surface area (TPSA) is 167 Å². The Bertz CT molecular complexity index is 2150. The highest BCUT2D eigenvalue weighted by atomic mass is 16.5. The van der Waals surface area contributed by atoms with Crippen molar-refractivity contribution in [1.29, 1.82) is 0 Å². The van der Waals surface area contributed by atoms with Gasteiger partial charge in [0.2, 0.25) is 0 Å². The molecule has 12 heteroatoms. The summed E-state index contributed by atoms with van der Waals surface area (Å²) in [5.41, 5.74) is 6.42. The minimum atomic E-state index is -0.511. The van der Waals surface area contributed by atoms with Gasteiger partial charge in [-0.3, -0.25) is 19.4 Å². The summed E-state index contributed by atoms with van der Waals surface area (Å²) in [6.45, 7) is 18.8. The maximum absolute atomic E-state index is 12.7. The van der Waals surface area contributed by atoms with Crippen LogP contribution in [-0.2, 0) is 14.3 Å². The molecule has 58 heavy (non-hydrogen) atoms. The maximum Gasteiger partial charge on any atom is 0.356 e. The zero-order valence-corrected chi connectivity index (χ0v) is 35.4. The molecule has 7 atom stereocenters. The molecule has 0 aromatic carbocycles. The molecule has 7 unspecified atom stereocenters. The SMILES string of the molecule is CC1(C)C2CCC1C(=O)C2.CC12CCC(C(C(=O)c3ccncn3)C1=O)C2(C)C.CC12CCC(C3=C(c4ccncn4)CN=C31)C2(C)C.COC(=O)c1ccncn1. The third-order valence-corrected chi connectivity index (χ3v) is 16.2. The molecule has 306 valence electrons. The Morgan fingerprint density at radius 2 is 1.33 bits per heavy atom. The number of aromatic nitrogens is 6. The quantitative estimate of drug-likeness (QED) is 0.144. The van der Waals surface area contributed by atoms with Crippen molar-refractivity contribution in [2.24, 2.45) is 61.7 Å². The molecule has 6 fully saturated rings. The summed E-state index contributed by atoms with van der Waals surface area (Å²) in [6.07, 6.45) is 16.9. The first-order valence-electron chi connectivity index (χ1n) is 20.7. The number of allylic oxidation sites excluding steroid dienone is 1. The molecular weight excluding hydrogens is 731 g/mol. The van der Waals surface area contributed by atoms with Gasteiger partial charge in [-0.25, -0.2) is 34.7 Å². The Labute approximate surface area is 341 Å². The summed E-state index contributed by atoms with van der Waals surface area (Å²) in [6, 6.07) is 5.10. The van der Waals surface area contributed by atoms with Crippen molar-refractivity contribution < 1.29 is 23.9 Å². The van der Waals surface area contributed by atoms with Crippen molar-refractivity contribution in [2.45, 2.75) is 100 Å². The summed E-state index contributed by atoms with van der Waals surface area (Å²) in [5, 5.41) is 0. The summed E-state index contributed by atoms with van der Waals surface area (Å²) in [7, 11) is 1.31. The van der Waals surface area contributed by atoms with Crippen molar-refractivity contribution in [3.8, 4) is 0 Å². The fourth-order valence-electron chi connectivity index (χ4n) is 11.7. The average Bonchev–Trinajstić information content (AvgIpc) is 4.02. The third-order valence-electron chi connectivity index (χ3n) is 16.2. The van der Waals surface area contributed by atoms with Crippen molar-refractivity contribution in [3.05, 3.63) is 78.4 Å². The highest BCUT2D eigenvalue weighted by Crippen LogP contribution is 2.68. The molecule has 0 saturated heterocycles. The lowest BCUT2D eigenvalue weighted by Gasteiger charge is -2.33. The van der Waals surface area contributed by atoms with E-state index in [1.54, 1.807) is 18.6 Å². The van der Waals surface area contributed by atoms with Gasteiger partial charge in [0.25, 0.3) is 0 Å². The average molecular weight is 788 g/mol. The van der Waals surface area contributed by atoms with Gasteiger partial charge in [0.15, 0.2) is 11.5 Å². The number of fused-ring (bicyclic) bond motifs is 9. The first kappa shape index (κ1) is 41.3. The van der Waals surface area contributed by atoms with Crippen molar-refractivity contribution in [1.82, 2.24) is 29.9 Å². The van der Waals surface area contributed by atoms with E-state index < -0.39 is 11.9 Å². The van der Waals surface area contributed by atoms with Gasteiger partial charge in [-0.05, 0) is 96.3 Å². The van der Waals surface area contributed by atoms with E-state index in [1.807, 2.05) is 19.2 Å². The number of hydrogen-bond acceptors (Lipinski definition) is 12. The van der Waals surface area contributed by atoms with Crippen molar-refractivity contribution in [3.63, 3.8) is 0 Å². The Hall–Kier alpha value is -4.87. The van der Waals surface area contributed by atoms with Gasteiger partial charge in [-0.1, -0.05) is 55.4 Å². The Morgan fingerprint density at radius 3 is 1.81 bits per heavy atom. The van der Waals surface area contributed by atoms with Crippen molar-refractivity contribution >= 4 is 34.6 Å². The van der Waals surface area contributed by atoms with Gasteiger partial charge in [-0.2, -0.15) is 0 Å². The maximum atomic E-state index is 12.7. The van der Waals surface area contributed by atoms with Gasteiger partial charge in [0.05, 0.1) is 25.3 Å². The number of methoxy groups -OCH3 is 1. The van der Waals surface area contributed by atoms with E-state index in [1.165, 1.54) is 68.1 Å². The predicted molar refractivity (Wildman–Crippen MR) is 218 cm³/mol. The second-order valence-corrected chi connectivity index (χ2v) is 19.2. The Morgan fingerprint density at radius 1 is 0.707 bits per heavy atom. The van der Waals surface area contributed by atoms with Crippen LogP contribution in [0.2, 0.25) is 0 Å². The first-order chi connectivity index (χ1) is 27.4. The molecule has 3 aromatic heterocycles. The van der Waals surface area contributed by atoms with Crippen molar-refractivity contribution in [2.75, 3.05) is 13.7 Å². The predicted octanol–water partition coefficient (Wildman–Crippen LogP) is 7.72. The standard InChI is InChI=1S/C16H19N3.C15H18N2O2.C9H14O.C6H6N2O2/c1-15(2)11-4-6-16(15,3)14-13(11)10(8-18-14)12-5-7-17-9-19-12;1-14(2)9-4-6-15(14,3)13(19)11(9)12(18)10-5-7-16-8-17-10;1-9(2)6-3-4-7(9)8(10)5-6;1-10-6(9)5-2-3-7-4-8-5/h5,7,9,11H,4,6,8H2,1-3H3;5,7-9,11H,4,6H2,1-3H3;6-7H,3-5H2,1-2H3;2-4H,1H3. The lowest BCUT2D eigenvalue weighted by atomic mass is 9.70. The van der Waals surface area contributed by atoms with Crippen LogP contribution in [0.1, 0.15) is 127 Å². The molecule has 1 aliphatic heterocycles. The van der Waals surface area contributed by atoms with Gasteiger partial charge in [0, 0.05) is 53.0 Å². The Kier molecular flexibility index (Phi) is 10.7. The summed E-state index contributed by atoms with van der Waals surface area (Å²) in [4.78, 5) is 75.6. The van der Waals surface area contributed by atoms with E-state index in [9.17, 15) is 19.2 Å². The molecule has 12 nitrogen and oxygen atoms in total. The number of Topliss-reactive ketones (excluding diaryl/α,β-unsaturated/α-hetero) is 3. The number of ether oxygens (including phenoxy) is 1. The molecule has 0 spiro atoms. The first-order valence-corrected chi connectivity index (χ1v) is 20.7. The molecule has 0 radical (unpaired) electrons. The number of nitrogens with zero attached hydrogens (tertiary/aromatic N) is 7. The fourth-order valence-corrected chi connectivity index (χ4v) is 11.7. The molecule has 7 aliphatic rings. The van der Waals surface area contributed by atoms with Crippen LogP contribution in [0.5, 0.6) is 0 Å². The number of aliphatic imine (C=N–C) groups is 1. The largest absolute Gasteiger partial charge is 0.464 e. The highest BCUT2D eigenvalue weighted by molar-refractivity contribution is 6.16. The van der Waals surface area contributed by atoms with Gasteiger partial charge in [0.1, 0.15) is 36.2 Å². The smallest absolute Gasteiger partial charge is 0.356 e. The highest BCUT2D eigenvalue weighted by Gasteiger charge is 2.68. The summed E-state index contributed by atoms with van der Waals surface area (Å²) >= 11 is 0. The lowest BCUT2D eigenvalue weighted by molar-refractivity contribution is -0.130. The molecule has 0 amide bonds. The van der Waals surface area contributed by atoms with Crippen LogP contribution >= 0.6 is 0 Å². The molecule has 6 aliphatic carbocycles. The minimum Gasteiger partial charge on any atom is -0.464 e. The second-order valence-electron chi connectivity index (χ2n) is 19.2. The molecule has 3 aromatic rings. The second kappa shape index (κ2) is 15.1. The van der Waals surface area contributed by atoms with E-state index in [0.717, 1.165) is 37.9 Å².